The summed E-state index contributed by atoms with van der Waals surface area (Å²) < 4.78 is 5.38. The Morgan fingerprint density at radius 3 is 2.25 bits per heavy atom. The first kappa shape index (κ1) is 24.7. The molecule has 0 spiro atoms. The molecule has 1 saturated carbocycles. The van der Waals surface area contributed by atoms with Crippen molar-refractivity contribution in [2.45, 2.75) is 104 Å². The van der Waals surface area contributed by atoms with E-state index < -0.39 is 23.8 Å². The second-order valence-electron chi connectivity index (χ2n) is 9.84. The number of aliphatic hydroxyl groups is 1. The van der Waals surface area contributed by atoms with Crippen LogP contribution in [0.2, 0.25) is 0 Å². The lowest BCUT2D eigenvalue weighted by Crippen LogP contribution is -2.47. The highest BCUT2D eigenvalue weighted by Gasteiger charge is 2.30. The number of ether oxygens (including phenoxy) is 1. The quantitative estimate of drug-likeness (QED) is 0.547. The molecule has 0 aromatic heterocycles. The van der Waals surface area contributed by atoms with Crippen molar-refractivity contribution in [2.75, 3.05) is 6.54 Å². The summed E-state index contributed by atoms with van der Waals surface area (Å²) in [7, 11) is 0. The van der Waals surface area contributed by atoms with Crippen molar-refractivity contribution in [1.29, 1.82) is 0 Å². The molecule has 0 radical (unpaired) electrons. The summed E-state index contributed by atoms with van der Waals surface area (Å²) in [5, 5.41) is 16.6. The van der Waals surface area contributed by atoms with Gasteiger partial charge in [-0.05, 0) is 45.4 Å². The third-order valence-corrected chi connectivity index (χ3v) is 5.21. The Balaban J connectivity index is 2.69. The van der Waals surface area contributed by atoms with Crippen LogP contribution in [0.4, 0.5) is 4.79 Å². The number of hydrogen-bond acceptors (Lipinski definition) is 4. The number of nitrogens with one attached hydrogen (secondary N) is 2. The Bertz CT molecular complexity index is 481. The van der Waals surface area contributed by atoms with E-state index in [4.69, 9.17) is 4.74 Å². The molecule has 0 unspecified atom stereocenters. The monoisotopic (exact) mass is 398 g/mol. The van der Waals surface area contributed by atoms with E-state index in [9.17, 15) is 14.7 Å². The third-order valence-electron chi connectivity index (χ3n) is 5.21. The average Bonchev–Trinajstić information content (AvgIpc) is 2.58. The first-order valence-corrected chi connectivity index (χ1v) is 10.9. The highest BCUT2D eigenvalue weighted by atomic mass is 16.6. The van der Waals surface area contributed by atoms with E-state index in [2.05, 4.69) is 10.6 Å². The summed E-state index contributed by atoms with van der Waals surface area (Å²) in [4.78, 5) is 24.6. The van der Waals surface area contributed by atoms with Crippen molar-refractivity contribution in [3.63, 3.8) is 0 Å². The smallest absolute Gasteiger partial charge is 0.407 e. The molecule has 0 bridgehead atoms. The normalized spacial score (nSPS) is 19.0. The van der Waals surface area contributed by atoms with Crippen LogP contribution in [-0.2, 0) is 9.53 Å². The zero-order valence-electron chi connectivity index (χ0n) is 18.7. The summed E-state index contributed by atoms with van der Waals surface area (Å²) in [5.74, 6) is 0.506. The van der Waals surface area contributed by atoms with Gasteiger partial charge in [0.15, 0.2) is 0 Å². The maximum Gasteiger partial charge on any atom is 0.407 e. The van der Waals surface area contributed by atoms with Gasteiger partial charge in [0.1, 0.15) is 5.60 Å². The maximum atomic E-state index is 12.3. The first-order valence-electron chi connectivity index (χ1n) is 10.9. The topological polar surface area (TPSA) is 87.7 Å². The van der Waals surface area contributed by atoms with Gasteiger partial charge in [-0.2, -0.15) is 0 Å². The van der Waals surface area contributed by atoms with Gasteiger partial charge in [0.25, 0.3) is 0 Å². The molecule has 28 heavy (non-hydrogen) atoms. The highest BCUT2D eigenvalue weighted by Crippen LogP contribution is 2.29. The average molecular weight is 399 g/mol. The molecule has 1 aliphatic rings. The van der Waals surface area contributed by atoms with Crippen LogP contribution in [0.1, 0.15) is 86.5 Å². The molecule has 6 nitrogen and oxygen atoms in total. The number of carbonyl (C=O) groups excluding carboxylic acids is 2. The van der Waals surface area contributed by atoms with E-state index in [1.165, 1.54) is 19.3 Å². The van der Waals surface area contributed by atoms with Crippen LogP contribution in [0.25, 0.3) is 0 Å². The SMILES string of the molecule is CC(C)CNC(=O)[C@H](C)C[C@H](O)[C@H](CC1CCCCC1)NC(=O)OC(C)(C)C. The van der Waals surface area contributed by atoms with Gasteiger partial charge in [-0.15, -0.1) is 0 Å². The molecular formula is C22H42N2O4. The largest absolute Gasteiger partial charge is 0.444 e. The van der Waals surface area contributed by atoms with Crippen molar-refractivity contribution in [3.8, 4) is 0 Å². The molecule has 1 rings (SSSR count). The standard InChI is InChI=1S/C22H42N2O4/c1-15(2)14-23-20(26)16(3)12-19(25)18(13-17-10-8-7-9-11-17)24-21(27)28-22(4,5)6/h15-19,25H,7-14H2,1-6H3,(H,23,26)(H,24,27)/t16-,18+,19+/m1/s1. The third kappa shape index (κ3) is 10.3. The second-order valence-corrected chi connectivity index (χ2v) is 9.84. The fourth-order valence-electron chi connectivity index (χ4n) is 3.67. The number of hydrogen-bond donors (Lipinski definition) is 3. The predicted octanol–water partition coefficient (Wildman–Crippen LogP) is 4.01. The highest BCUT2D eigenvalue weighted by molar-refractivity contribution is 5.78. The summed E-state index contributed by atoms with van der Waals surface area (Å²) in [5.41, 5.74) is -0.589. The minimum Gasteiger partial charge on any atom is -0.444 e. The molecule has 164 valence electrons. The molecule has 3 N–H and O–H groups in total. The van der Waals surface area contributed by atoms with Crippen LogP contribution in [0.15, 0.2) is 0 Å². The lowest BCUT2D eigenvalue weighted by Gasteiger charge is -2.32. The minimum atomic E-state index is -0.783. The van der Waals surface area contributed by atoms with E-state index in [0.717, 1.165) is 19.3 Å². The number of aliphatic hydroxyl groups excluding tert-OH is 1. The van der Waals surface area contributed by atoms with Crippen molar-refractivity contribution in [2.24, 2.45) is 17.8 Å². The van der Waals surface area contributed by atoms with Gasteiger partial charge in [-0.3, -0.25) is 4.79 Å². The van der Waals surface area contributed by atoms with Crippen LogP contribution in [0.3, 0.4) is 0 Å². The predicted molar refractivity (Wildman–Crippen MR) is 112 cm³/mol. The zero-order chi connectivity index (χ0) is 21.3. The lowest BCUT2D eigenvalue weighted by atomic mass is 9.82. The summed E-state index contributed by atoms with van der Waals surface area (Å²) in [6, 6.07) is -0.404. The van der Waals surface area contributed by atoms with E-state index in [1.54, 1.807) is 0 Å². The van der Waals surface area contributed by atoms with Crippen molar-refractivity contribution >= 4 is 12.0 Å². The van der Waals surface area contributed by atoms with Crippen LogP contribution in [0, 0.1) is 17.8 Å². The zero-order valence-corrected chi connectivity index (χ0v) is 18.7. The first-order chi connectivity index (χ1) is 13.0. The molecular weight excluding hydrogens is 356 g/mol. The Morgan fingerprint density at radius 1 is 1.11 bits per heavy atom. The van der Waals surface area contributed by atoms with Crippen LogP contribution in [-0.4, -0.2) is 41.4 Å². The lowest BCUT2D eigenvalue weighted by molar-refractivity contribution is -0.125. The van der Waals surface area contributed by atoms with E-state index in [1.807, 2.05) is 41.5 Å². The van der Waals surface area contributed by atoms with Gasteiger partial charge in [0, 0.05) is 12.5 Å². The Morgan fingerprint density at radius 2 is 1.71 bits per heavy atom. The molecule has 0 heterocycles. The molecule has 0 aromatic rings. The fourth-order valence-corrected chi connectivity index (χ4v) is 3.67. The van der Waals surface area contributed by atoms with E-state index >= 15 is 0 Å². The van der Waals surface area contributed by atoms with Crippen LogP contribution < -0.4 is 10.6 Å². The molecule has 1 aliphatic carbocycles. The Hall–Kier alpha value is -1.30. The molecule has 1 fully saturated rings. The Labute approximate surface area is 171 Å². The maximum absolute atomic E-state index is 12.3. The van der Waals surface area contributed by atoms with Crippen molar-refractivity contribution in [3.05, 3.63) is 0 Å². The Kier molecular flexibility index (Phi) is 10.3. The molecule has 6 heteroatoms. The van der Waals surface area contributed by atoms with Crippen LogP contribution >= 0.6 is 0 Å². The van der Waals surface area contributed by atoms with Crippen LogP contribution in [0.5, 0.6) is 0 Å². The fraction of sp³-hybridized carbons (Fsp3) is 0.909. The number of alkyl carbamates (subject to hydrolysis) is 1. The van der Waals surface area contributed by atoms with Gasteiger partial charge in [-0.1, -0.05) is 52.9 Å². The number of rotatable bonds is 9. The summed E-state index contributed by atoms with van der Waals surface area (Å²) in [6.45, 7) is 12.0. The van der Waals surface area contributed by atoms with Crippen molar-refractivity contribution < 1.29 is 19.4 Å². The summed E-state index contributed by atoms with van der Waals surface area (Å²) >= 11 is 0. The molecule has 0 aromatic carbocycles. The molecule has 2 amide bonds. The molecule has 3 atom stereocenters. The number of carbonyl (C=O) groups is 2. The van der Waals surface area contributed by atoms with Gasteiger partial charge >= 0.3 is 6.09 Å². The second kappa shape index (κ2) is 11.6. The minimum absolute atomic E-state index is 0.0542. The van der Waals surface area contributed by atoms with Gasteiger partial charge in [0.2, 0.25) is 5.91 Å². The van der Waals surface area contributed by atoms with E-state index in [0.29, 0.717) is 24.8 Å². The summed E-state index contributed by atoms with van der Waals surface area (Å²) in [6.07, 6.45) is 5.67. The van der Waals surface area contributed by atoms with E-state index in [-0.39, 0.29) is 11.8 Å². The number of amides is 2. The van der Waals surface area contributed by atoms with Gasteiger partial charge < -0.3 is 20.5 Å². The van der Waals surface area contributed by atoms with Crippen molar-refractivity contribution in [1.82, 2.24) is 10.6 Å². The molecule has 0 aliphatic heterocycles. The molecule has 0 saturated heterocycles. The van der Waals surface area contributed by atoms with Gasteiger partial charge in [-0.25, -0.2) is 4.79 Å². The van der Waals surface area contributed by atoms with Gasteiger partial charge in [0.05, 0.1) is 12.1 Å².